The molecule has 1 N–H and O–H groups in total. The van der Waals surface area contributed by atoms with E-state index in [0.29, 0.717) is 17.6 Å². The molecular formula is C19H25N3O3. The summed E-state index contributed by atoms with van der Waals surface area (Å²) in [5.74, 6) is -0.760. The summed E-state index contributed by atoms with van der Waals surface area (Å²) in [5, 5.41) is 7.72. The van der Waals surface area contributed by atoms with Crippen LogP contribution in [0.1, 0.15) is 50.8 Å². The van der Waals surface area contributed by atoms with Crippen LogP contribution in [0.4, 0.5) is 0 Å². The highest BCUT2D eigenvalue weighted by atomic mass is 16.5. The maximum absolute atomic E-state index is 13.0. The van der Waals surface area contributed by atoms with Gasteiger partial charge in [-0.25, -0.2) is 4.79 Å². The van der Waals surface area contributed by atoms with Crippen molar-refractivity contribution in [3.63, 3.8) is 0 Å². The lowest BCUT2D eigenvalue weighted by Gasteiger charge is -2.39. The number of esters is 1. The van der Waals surface area contributed by atoms with E-state index in [4.69, 9.17) is 4.74 Å². The number of carbonyl (C=O) groups excluding carboxylic acids is 2. The summed E-state index contributed by atoms with van der Waals surface area (Å²) < 4.78 is 6.73. The second-order valence-electron chi connectivity index (χ2n) is 7.76. The molecule has 25 heavy (non-hydrogen) atoms. The number of nitrogens with zero attached hydrogens (tertiary/aromatic N) is 2. The normalized spacial score (nSPS) is 22.6. The number of aromatic nitrogens is 2. The molecule has 6 nitrogen and oxygen atoms in total. The maximum atomic E-state index is 13.0. The molecule has 0 bridgehead atoms. The number of dihydropyridines is 1. The molecule has 1 aliphatic carbocycles. The monoisotopic (exact) mass is 343 g/mol. The smallest absolute Gasteiger partial charge is 0.336 e. The average Bonchev–Trinajstić information content (AvgIpc) is 2.82. The van der Waals surface area contributed by atoms with E-state index in [0.717, 1.165) is 29.1 Å². The number of hydrogen-bond acceptors (Lipinski definition) is 5. The lowest BCUT2D eigenvalue weighted by atomic mass is 9.68. The predicted molar refractivity (Wildman–Crippen MR) is 93.6 cm³/mol. The fraction of sp³-hybridized carbons (Fsp3) is 0.526. The minimum absolute atomic E-state index is 0.0842. The minimum Gasteiger partial charge on any atom is -0.466 e. The molecule has 1 aromatic rings. The van der Waals surface area contributed by atoms with E-state index < -0.39 is 11.9 Å². The first-order chi connectivity index (χ1) is 11.6. The van der Waals surface area contributed by atoms with Crippen LogP contribution < -0.4 is 5.32 Å². The number of carbonyl (C=O) groups is 2. The Morgan fingerprint density at radius 1 is 1.36 bits per heavy atom. The Hall–Kier alpha value is -2.37. The lowest BCUT2D eigenvalue weighted by Crippen LogP contribution is -2.38. The van der Waals surface area contributed by atoms with Gasteiger partial charge in [-0.2, -0.15) is 5.10 Å². The summed E-state index contributed by atoms with van der Waals surface area (Å²) in [6, 6.07) is 0. The number of aryl methyl sites for hydroxylation is 2. The number of allylic oxidation sites excluding steroid dienone is 3. The molecule has 1 atom stereocenters. The number of methoxy groups -OCH3 is 1. The molecule has 134 valence electrons. The highest BCUT2D eigenvalue weighted by molar-refractivity contribution is 6.04. The Morgan fingerprint density at radius 2 is 2.04 bits per heavy atom. The van der Waals surface area contributed by atoms with Crippen LogP contribution in [0, 0.1) is 12.3 Å². The van der Waals surface area contributed by atoms with Gasteiger partial charge in [0.25, 0.3) is 0 Å². The molecule has 0 spiro atoms. The molecule has 1 aromatic heterocycles. The quantitative estimate of drug-likeness (QED) is 0.835. The van der Waals surface area contributed by atoms with Crippen LogP contribution in [-0.4, -0.2) is 28.6 Å². The van der Waals surface area contributed by atoms with Gasteiger partial charge >= 0.3 is 5.97 Å². The van der Waals surface area contributed by atoms with Gasteiger partial charge < -0.3 is 10.1 Å². The van der Waals surface area contributed by atoms with Gasteiger partial charge in [0.05, 0.1) is 24.3 Å². The standard InChI is InChI=1S/C19H25N3O3/c1-10-12(9-22(5)21-10)16-15(18(24)25-6)11(2)20-13-7-19(3,4)8-14(23)17(13)16/h9,16,20H,7-8H2,1-6H3. The van der Waals surface area contributed by atoms with Gasteiger partial charge in [-0.05, 0) is 25.7 Å². The van der Waals surface area contributed by atoms with Crippen molar-refractivity contribution in [1.82, 2.24) is 15.1 Å². The topological polar surface area (TPSA) is 73.2 Å². The van der Waals surface area contributed by atoms with Crippen molar-refractivity contribution >= 4 is 11.8 Å². The van der Waals surface area contributed by atoms with Crippen LogP contribution in [0.2, 0.25) is 0 Å². The molecule has 3 rings (SSSR count). The summed E-state index contributed by atoms with van der Waals surface area (Å²) in [6.07, 6.45) is 3.13. The van der Waals surface area contributed by atoms with Crippen molar-refractivity contribution in [3.05, 3.63) is 40.0 Å². The number of rotatable bonds is 2. The number of ether oxygens (including phenoxy) is 1. The van der Waals surface area contributed by atoms with Crippen LogP contribution in [0.25, 0.3) is 0 Å². The van der Waals surface area contributed by atoms with E-state index in [1.54, 1.807) is 4.68 Å². The maximum Gasteiger partial charge on any atom is 0.336 e. The SMILES string of the molecule is COC(=O)C1=C(C)NC2=C(C(=O)CC(C)(C)C2)C1c1cn(C)nc1C. The highest BCUT2D eigenvalue weighted by Crippen LogP contribution is 2.47. The predicted octanol–water partition coefficient (Wildman–Crippen LogP) is 2.51. The van der Waals surface area contributed by atoms with Gasteiger partial charge in [-0.3, -0.25) is 9.48 Å². The molecule has 6 heteroatoms. The lowest BCUT2D eigenvalue weighted by molar-refractivity contribution is -0.136. The third-order valence-corrected chi connectivity index (χ3v) is 5.01. The summed E-state index contributed by atoms with van der Waals surface area (Å²) in [6.45, 7) is 7.95. The second kappa shape index (κ2) is 5.86. The molecule has 1 aliphatic heterocycles. The summed E-state index contributed by atoms with van der Waals surface area (Å²) >= 11 is 0. The molecule has 0 saturated carbocycles. The van der Waals surface area contributed by atoms with Gasteiger partial charge in [-0.1, -0.05) is 13.8 Å². The van der Waals surface area contributed by atoms with Crippen molar-refractivity contribution in [3.8, 4) is 0 Å². The largest absolute Gasteiger partial charge is 0.466 e. The molecule has 2 aliphatic rings. The number of Topliss-reactive ketones (excluding diaryl/α,β-unsaturated/α-hetero) is 1. The molecule has 0 aromatic carbocycles. The molecule has 0 radical (unpaired) electrons. The molecule has 0 fully saturated rings. The van der Waals surface area contributed by atoms with E-state index in [-0.39, 0.29) is 11.2 Å². The number of ketones is 1. The Kier molecular flexibility index (Phi) is 4.09. The summed E-state index contributed by atoms with van der Waals surface area (Å²) in [4.78, 5) is 25.5. The van der Waals surface area contributed by atoms with Gasteiger partial charge in [0.15, 0.2) is 5.78 Å². The van der Waals surface area contributed by atoms with Crippen molar-refractivity contribution in [2.75, 3.05) is 7.11 Å². The zero-order valence-corrected chi connectivity index (χ0v) is 15.7. The Morgan fingerprint density at radius 3 is 2.60 bits per heavy atom. The number of hydrogen-bond donors (Lipinski definition) is 1. The van der Waals surface area contributed by atoms with Crippen LogP contribution in [0.3, 0.4) is 0 Å². The van der Waals surface area contributed by atoms with Gasteiger partial charge in [0.1, 0.15) is 0 Å². The van der Waals surface area contributed by atoms with Gasteiger partial charge in [0, 0.05) is 42.2 Å². The van der Waals surface area contributed by atoms with E-state index in [1.165, 1.54) is 7.11 Å². The van der Waals surface area contributed by atoms with Crippen molar-refractivity contribution < 1.29 is 14.3 Å². The first-order valence-electron chi connectivity index (χ1n) is 8.47. The fourth-order valence-corrected chi connectivity index (χ4v) is 4.03. The van der Waals surface area contributed by atoms with E-state index in [2.05, 4.69) is 24.3 Å². The molecule has 1 unspecified atom stereocenters. The highest BCUT2D eigenvalue weighted by Gasteiger charge is 2.43. The Bertz CT molecular complexity index is 827. The van der Waals surface area contributed by atoms with Crippen molar-refractivity contribution in [2.45, 2.75) is 46.5 Å². The fourth-order valence-electron chi connectivity index (χ4n) is 4.03. The first-order valence-corrected chi connectivity index (χ1v) is 8.47. The number of nitrogens with one attached hydrogen (secondary N) is 1. The summed E-state index contributed by atoms with van der Waals surface area (Å²) in [7, 11) is 3.21. The van der Waals surface area contributed by atoms with Gasteiger partial charge in [-0.15, -0.1) is 0 Å². The van der Waals surface area contributed by atoms with Crippen molar-refractivity contribution in [1.29, 1.82) is 0 Å². The average molecular weight is 343 g/mol. The van der Waals surface area contributed by atoms with Crippen LogP contribution in [-0.2, 0) is 21.4 Å². The Balaban J connectivity index is 2.23. The molecule has 2 heterocycles. The van der Waals surface area contributed by atoms with E-state index in [1.807, 2.05) is 27.1 Å². The zero-order valence-electron chi connectivity index (χ0n) is 15.7. The second-order valence-corrected chi connectivity index (χ2v) is 7.76. The summed E-state index contributed by atoms with van der Waals surface area (Å²) in [5.41, 5.74) is 4.42. The van der Waals surface area contributed by atoms with Gasteiger partial charge in [0.2, 0.25) is 0 Å². The van der Waals surface area contributed by atoms with Crippen LogP contribution >= 0.6 is 0 Å². The van der Waals surface area contributed by atoms with Crippen LogP contribution in [0.15, 0.2) is 28.7 Å². The first kappa shape index (κ1) is 17.5. The third-order valence-electron chi connectivity index (χ3n) is 5.01. The Labute approximate surface area is 147 Å². The van der Waals surface area contributed by atoms with Crippen LogP contribution in [0.5, 0.6) is 0 Å². The van der Waals surface area contributed by atoms with E-state index >= 15 is 0 Å². The molecule has 0 amide bonds. The molecule has 0 saturated heterocycles. The third kappa shape index (κ3) is 2.90. The van der Waals surface area contributed by atoms with Crippen molar-refractivity contribution in [2.24, 2.45) is 12.5 Å². The van der Waals surface area contributed by atoms with E-state index in [9.17, 15) is 9.59 Å². The minimum atomic E-state index is -0.430. The zero-order chi connectivity index (χ0) is 18.5. The molecular weight excluding hydrogens is 318 g/mol.